The van der Waals surface area contributed by atoms with E-state index in [4.69, 9.17) is 4.74 Å². The molecule has 3 heterocycles. The van der Waals surface area contributed by atoms with Gasteiger partial charge in [-0.1, -0.05) is 22.7 Å². The van der Waals surface area contributed by atoms with Crippen molar-refractivity contribution in [2.24, 2.45) is 10.2 Å². The molecule has 0 saturated carbocycles. The highest BCUT2D eigenvalue weighted by Crippen LogP contribution is 2.33. The van der Waals surface area contributed by atoms with Gasteiger partial charge in [0.15, 0.2) is 0 Å². The molecule has 1 fully saturated rings. The summed E-state index contributed by atoms with van der Waals surface area (Å²) in [5, 5.41) is 11.9. The zero-order chi connectivity index (χ0) is 28.4. The summed E-state index contributed by atoms with van der Waals surface area (Å²) in [6.07, 6.45) is 5.45. The van der Waals surface area contributed by atoms with E-state index in [1.165, 1.54) is 17.8 Å². The Hall–Kier alpha value is -3.32. The summed E-state index contributed by atoms with van der Waals surface area (Å²) in [4.78, 5) is 6.83. The fourth-order valence-corrected chi connectivity index (χ4v) is 7.02. The molecule has 12 heteroatoms. The minimum Gasteiger partial charge on any atom is -0.385 e. The van der Waals surface area contributed by atoms with Gasteiger partial charge in [-0.25, -0.2) is 4.98 Å². The Morgan fingerprint density at radius 3 is 2.46 bits per heavy atom. The highest BCUT2D eigenvalue weighted by molar-refractivity contribution is 8.01. The molecule has 1 aliphatic heterocycles. The minimum absolute atomic E-state index is 0.661. The van der Waals surface area contributed by atoms with Crippen molar-refractivity contribution < 1.29 is 4.74 Å². The number of nitrogens with zero attached hydrogens (tertiary/aromatic N) is 4. The Bertz CT molecular complexity index is 1450. The van der Waals surface area contributed by atoms with Crippen LogP contribution in [0.2, 0.25) is 0 Å². The predicted octanol–water partition coefficient (Wildman–Crippen LogP) is 8.84. The van der Waals surface area contributed by atoms with E-state index in [0.29, 0.717) is 5.13 Å². The van der Waals surface area contributed by atoms with Crippen LogP contribution in [0.5, 0.6) is 0 Å². The number of rotatable bonds is 14. The maximum atomic E-state index is 5.10. The number of thiophene rings is 1. The number of thiazole rings is 1. The van der Waals surface area contributed by atoms with E-state index in [0.717, 1.165) is 75.0 Å². The third-order valence-electron chi connectivity index (χ3n) is 6.56. The number of ether oxygens (including phenoxy) is 1. The first-order valence-corrected chi connectivity index (χ1v) is 16.3. The van der Waals surface area contributed by atoms with Crippen LogP contribution in [0.4, 0.5) is 37.9 Å². The lowest BCUT2D eigenvalue weighted by molar-refractivity contribution is 0.200. The van der Waals surface area contributed by atoms with Gasteiger partial charge in [0.25, 0.3) is 0 Å². The molecular weight excluding hydrogens is 573 g/mol. The van der Waals surface area contributed by atoms with Crippen molar-refractivity contribution in [1.82, 2.24) is 4.98 Å². The Morgan fingerprint density at radius 2 is 1.68 bits per heavy atom. The van der Waals surface area contributed by atoms with Crippen LogP contribution in [0.25, 0.3) is 0 Å². The standard InChI is InChI=1S/C29H36N8OS3/c1-20-18-23(32-35-26-11-12-27(40-26)37-13-4-5-14-37)8-9-24(20)33-31-22-7-10-25(21(2)17-22)34-36-29-30-19-28(41-29)39-16-6-15-38-3/h7-12,17-19,31-33,35H,4-6,13-16H2,1-3H3. The van der Waals surface area contributed by atoms with Gasteiger partial charge in [0, 0.05) is 32.6 Å². The molecule has 0 radical (unpaired) electrons. The van der Waals surface area contributed by atoms with Crippen LogP contribution in [-0.4, -0.2) is 37.5 Å². The van der Waals surface area contributed by atoms with E-state index in [9.17, 15) is 0 Å². The van der Waals surface area contributed by atoms with Crippen molar-refractivity contribution in [2.75, 3.05) is 59.2 Å². The topological polar surface area (TPSA) is 98.2 Å². The second kappa shape index (κ2) is 14.5. The largest absolute Gasteiger partial charge is 0.385 e. The molecule has 5 rings (SSSR count). The van der Waals surface area contributed by atoms with Gasteiger partial charge in [-0.2, -0.15) is 0 Å². The molecule has 0 aliphatic carbocycles. The predicted molar refractivity (Wildman–Crippen MR) is 176 cm³/mol. The zero-order valence-electron chi connectivity index (χ0n) is 23.6. The molecule has 2 aromatic carbocycles. The third-order valence-corrected chi connectivity index (χ3v) is 9.78. The molecule has 216 valence electrons. The fraction of sp³-hybridized carbons (Fsp3) is 0.345. The van der Waals surface area contributed by atoms with E-state index in [-0.39, 0.29) is 0 Å². The minimum atomic E-state index is 0.661. The molecule has 2 aromatic heterocycles. The number of hydrogen-bond donors (Lipinski definition) is 4. The average molecular weight is 609 g/mol. The van der Waals surface area contributed by atoms with Gasteiger partial charge in [0.2, 0.25) is 5.13 Å². The van der Waals surface area contributed by atoms with Crippen molar-refractivity contribution in [2.45, 2.75) is 37.3 Å². The number of nitrogens with one attached hydrogen (secondary N) is 4. The number of thioether (sulfide) groups is 1. The first-order valence-electron chi connectivity index (χ1n) is 13.7. The molecule has 1 aliphatic rings. The van der Waals surface area contributed by atoms with Crippen molar-refractivity contribution in [3.05, 3.63) is 65.9 Å². The van der Waals surface area contributed by atoms with Gasteiger partial charge in [-0.05, 0) is 92.8 Å². The number of aromatic nitrogens is 1. The molecule has 4 N–H and O–H groups in total. The molecule has 0 amide bonds. The summed E-state index contributed by atoms with van der Waals surface area (Å²) < 4.78 is 6.24. The molecule has 0 spiro atoms. The number of hydrazine groups is 2. The maximum Gasteiger partial charge on any atom is 0.230 e. The van der Waals surface area contributed by atoms with Crippen LogP contribution in [-0.2, 0) is 4.74 Å². The summed E-state index contributed by atoms with van der Waals surface area (Å²) in [6, 6.07) is 16.6. The summed E-state index contributed by atoms with van der Waals surface area (Å²) in [5.41, 5.74) is 19.2. The number of anilines is 5. The first-order chi connectivity index (χ1) is 20.1. The summed E-state index contributed by atoms with van der Waals surface area (Å²) >= 11 is 5.11. The van der Waals surface area contributed by atoms with Gasteiger partial charge < -0.3 is 25.9 Å². The Balaban J connectivity index is 1.10. The molecule has 1 saturated heterocycles. The van der Waals surface area contributed by atoms with E-state index in [2.05, 4.69) is 79.1 Å². The summed E-state index contributed by atoms with van der Waals surface area (Å²) in [7, 11) is 1.73. The summed E-state index contributed by atoms with van der Waals surface area (Å²) in [5.74, 6) is 1.00. The van der Waals surface area contributed by atoms with E-state index < -0.39 is 0 Å². The van der Waals surface area contributed by atoms with Gasteiger partial charge >= 0.3 is 0 Å². The van der Waals surface area contributed by atoms with Crippen molar-refractivity contribution in [3.8, 4) is 0 Å². The van der Waals surface area contributed by atoms with Crippen LogP contribution in [0.3, 0.4) is 0 Å². The van der Waals surface area contributed by atoms with Crippen LogP contribution >= 0.6 is 34.4 Å². The molecule has 9 nitrogen and oxygen atoms in total. The molecule has 4 aromatic rings. The van der Waals surface area contributed by atoms with Crippen LogP contribution in [0, 0.1) is 13.8 Å². The lowest BCUT2D eigenvalue weighted by Crippen LogP contribution is -2.15. The SMILES string of the molecule is COCCCSc1cnc(N=Nc2ccc(NNc3ccc(NNc4ccc(N5CCCC5)s4)cc3C)cc2C)s1. The van der Waals surface area contributed by atoms with Crippen LogP contribution in [0.1, 0.15) is 30.4 Å². The van der Waals surface area contributed by atoms with Gasteiger partial charge in [0.05, 0.1) is 38.2 Å². The van der Waals surface area contributed by atoms with Gasteiger partial charge in [0.1, 0.15) is 5.00 Å². The van der Waals surface area contributed by atoms with Gasteiger partial charge in [-0.3, -0.25) is 5.43 Å². The Labute approximate surface area is 253 Å². The highest BCUT2D eigenvalue weighted by atomic mass is 32.2. The average Bonchev–Trinajstić information content (AvgIpc) is 3.76. The lowest BCUT2D eigenvalue weighted by atomic mass is 10.2. The first kappa shape index (κ1) is 29.2. The molecule has 0 atom stereocenters. The van der Waals surface area contributed by atoms with Gasteiger partial charge in [-0.15, -0.1) is 22.0 Å². The normalized spacial score (nSPS) is 13.2. The highest BCUT2D eigenvalue weighted by Gasteiger charge is 2.14. The number of methoxy groups -OCH3 is 1. The molecular formula is C29H36N8OS3. The second-order valence-electron chi connectivity index (χ2n) is 9.72. The van der Waals surface area contributed by atoms with Crippen molar-refractivity contribution in [3.63, 3.8) is 0 Å². The number of benzene rings is 2. The fourth-order valence-electron chi connectivity index (χ4n) is 4.34. The zero-order valence-corrected chi connectivity index (χ0v) is 26.0. The van der Waals surface area contributed by atoms with E-state index >= 15 is 0 Å². The summed E-state index contributed by atoms with van der Waals surface area (Å²) in [6.45, 7) is 7.21. The molecule has 0 unspecified atom stereocenters. The Morgan fingerprint density at radius 1 is 0.902 bits per heavy atom. The maximum absolute atomic E-state index is 5.10. The lowest BCUT2D eigenvalue weighted by Gasteiger charge is -2.15. The van der Waals surface area contributed by atoms with Crippen molar-refractivity contribution in [1.29, 1.82) is 0 Å². The number of aryl methyl sites for hydroxylation is 2. The monoisotopic (exact) mass is 608 g/mol. The quantitative estimate of drug-likeness (QED) is 0.0488. The third kappa shape index (κ3) is 8.35. The number of azo groups is 1. The van der Waals surface area contributed by atoms with E-state index in [1.807, 2.05) is 31.3 Å². The smallest absolute Gasteiger partial charge is 0.230 e. The van der Waals surface area contributed by atoms with E-state index in [1.54, 1.807) is 41.5 Å². The Kier molecular flexibility index (Phi) is 10.3. The van der Waals surface area contributed by atoms with Crippen molar-refractivity contribution >= 4 is 72.3 Å². The molecule has 0 bridgehead atoms. The van der Waals surface area contributed by atoms with Crippen LogP contribution < -0.4 is 26.6 Å². The molecule has 41 heavy (non-hydrogen) atoms. The van der Waals surface area contributed by atoms with Crippen LogP contribution in [0.15, 0.2) is 69.2 Å². The second-order valence-corrected chi connectivity index (χ2v) is 13.2. The number of hydrogen-bond acceptors (Lipinski definition) is 12.